The molecular weight excluding hydrogens is 178 g/mol. The first-order chi connectivity index (χ1) is 6.93. The Kier molecular flexibility index (Phi) is 5.95. The fraction of sp³-hybridized carbons (Fsp3) is 0.545. The van der Waals surface area contributed by atoms with Gasteiger partial charge in [-0.1, -0.05) is 6.07 Å². The summed E-state index contributed by atoms with van der Waals surface area (Å²) < 4.78 is 10.5. The van der Waals surface area contributed by atoms with E-state index in [-0.39, 0.29) is 0 Å². The maximum atomic E-state index is 5.39. The van der Waals surface area contributed by atoms with Crippen LogP contribution < -0.4 is 0 Å². The van der Waals surface area contributed by atoms with Gasteiger partial charge in [0.25, 0.3) is 0 Å². The van der Waals surface area contributed by atoms with Gasteiger partial charge in [0.15, 0.2) is 0 Å². The first-order valence-corrected chi connectivity index (χ1v) is 4.98. The highest BCUT2D eigenvalue weighted by molar-refractivity contribution is 5.08. The van der Waals surface area contributed by atoms with Crippen LogP contribution in [0.5, 0.6) is 0 Å². The zero-order valence-corrected chi connectivity index (χ0v) is 8.61. The van der Waals surface area contributed by atoms with Crippen molar-refractivity contribution in [2.45, 2.75) is 13.3 Å². The summed E-state index contributed by atoms with van der Waals surface area (Å²) in [7, 11) is 0. The van der Waals surface area contributed by atoms with Gasteiger partial charge in [0.05, 0.1) is 19.8 Å². The summed E-state index contributed by atoms with van der Waals surface area (Å²) in [5.74, 6) is 0. The van der Waals surface area contributed by atoms with Crippen molar-refractivity contribution in [2.24, 2.45) is 0 Å². The Labute approximate surface area is 85.1 Å². The van der Waals surface area contributed by atoms with E-state index in [1.54, 1.807) is 6.20 Å². The zero-order valence-electron chi connectivity index (χ0n) is 8.61. The largest absolute Gasteiger partial charge is 0.379 e. The van der Waals surface area contributed by atoms with E-state index in [4.69, 9.17) is 9.47 Å². The molecule has 3 heteroatoms. The van der Waals surface area contributed by atoms with E-state index in [1.807, 2.05) is 19.2 Å². The lowest BCUT2D eigenvalue weighted by Crippen LogP contribution is -2.06. The van der Waals surface area contributed by atoms with Crippen LogP contribution in [-0.2, 0) is 15.9 Å². The summed E-state index contributed by atoms with van der Waals surface area (Å²) in [6.45, 7) is 4.83. The van der Waals surface area contributed by atoms with Crippen LogP contribution in [-0.4, -0.2) is 31.4 Å². The Morgan fingerprint density at radius 3 is 2.79 bits per heavy atom. The van der Waals surface area contributed by atoms with Gasteiger partial charge in [-0.15, -0.1) is 0 Å². The third kappa shape index (κ3) is 4.94. The summed E-state index contributed by atoms with van der Waals surface area (Å²) in [6, 6.07) is 3.99. The predicted molar refractivity (Wildman–Crippen MR) is 55.3 cm³/mol. The highest BCUT2D eigenvalue weighted by atomic mass is 16.5. The Morgan fingerprint density at radius 2 is 2.07 bits per heavy atom. The molecule has 1 rings (SSSR count). The van der Waals surface area contributed by atoms with Gasteiger partial charge in [0.1, 0.15) is 0 Å². The Bertz CT molecular complexity index is 226. The van der Waals surface area contributed by atoms with Crippen LogP contribution in [0.1, 0.15) is 12.5 Å². The molecule has 0 unspecified atom stereocenters. The lowest BCUT2D eigenvalue weighted by atomic mass is 10.2. The van der Waals surface area contributed by atoms with Crippen molar-refractivity contribution in [1.82, 2.24) is 4.98 Å². The molecule has 0 atom stereocenters. The van der Waals surface area contributed by atoms with Gasteiger partial charge < -0.3 is 9.47 Å². The molecule has 1 aromatic rings. The second-order valence-corrected chi connectivity index (χ2v) is 2.92. The first-order valence-electron chi connectivity index (χ1n) is 4.98. The van der Waals surface area contributed by atoms with E-state index in [0.717, 1.165) is 19.6 Å². The maximum absolute atomic E-state index is 5.39. The van der Waals surface area contributed by atoms with Crippen LogP contribution in [0, 0.1) is 0 Å². The molecule has 0 saturated carbocycles. The molecule has 3 nitrogen and oxygen atoms in total. The number of nitrogens with zero attached hydrogens (tertiary/aromatic N) is 1. The van der Waals surface area contributed by atoms with E-state index < -0.39 is 0 Å². The number of aromatic nitrogens is 1. The van der Waals surface area contributed by atoms with Crippen molar-refractivity contribution >= 4 is 0 Å². The summed E-state index contributed by atoms with van der Waals surface area (Å²) in [5, 5.41) is 0. The number of rotatable bonds is 7. The number of hydrogen-bond donors (Lipinski definition) is 0. The lowest BCUT2D eigenvalue weighted by Gasteiger charge is -2.03. The Balaban J connectivity index is 1.99. The molecule has 78 valence electrons. The molecule has 0 aliphatic carbocycles. The third-order valence-corrected chi connectivity index (χ3v) is 1.83. The van der Waals surface area contributed by atoms with Gasteiger partial charge in [-0.05, 0) is 25.0 Å². The van der Waals surface area contributed by atoms with Crippen molar-refractivity contribution in [3.05, 3.63) is 30.1 Å². The van der Waals surface area contributed by atoms with Crippen molar-refractivity contribution < 1.29 is 9.47 Å². The molecule has 14 heavy (non-hydrogen) atoms. The lowest BCUT2D eigenvalue weighted by molar-refractivity contribution is 0.0541. The van der Waals surface area contributed by atoms with Crippen LogP contribution in [0.2, 0.25) is 0 Å². The van der Waals surface area contributed by atoms with E-state index in [0.29, 0.717) is 13.2 Å². The highest BCUT2D eigenvalue weighted by Gasteiger charge is 1.92. The van der Waals surface area contributed by atoms with Crippen LogP contribution in [0.4, 0.5) is 0 Å². The molecule has 0 amide bonds. The minimum absolute atomic E-state index is 0.675. The topological polar surface area (TPSA) is 31.4 Å². The van der Waals surface area contributed by atoms with Crippen molar-refractivity contribution in [2.75, 3.05) is 26.4 Å². The quantitative estimate of drug-likeness (QED) is 0.620. The fourth-order valence-corrected chi connectivity index (χ4v) is 1.10. The molecule has 0 bridgehead atoms. The molecule has 0 radical (unpaired) electrons. The van der Waals surface area contributed by atoms with E-state index in [1.165, 1.54) is 5.56 Å². The monoisotopic (exact) mass is 195 g/mol. The van der Waals surface area contributed by atoms with Gasteiger partial charge >= 0.3 is 0 Å². The van der Waals surface area contributed by atoms with Crippen LogP contribution >= 0.6 is 0 Å². The molecule has 0 aliphatic heterocycles. The normalized spacial score (nSPS) is 10.4. The summed E-state index contributed by atoms with van der Waals surface area (Å²) in [5.41, 5.74) is 1.21. The zero-order chi connectivity index (χ0) is 10.1. The molecule has 1 heterocycles. The minimum atomic E-state index is 0.675. The third-order valence-electron chi connectivity index (χ3n) is 1.83. The molecule has 1 aromatic heterocycles. The molecule has 0 fully saturated rings. The molecular formula is C11H17NO2. The van der Waals surface area contributed by atoms with Crippen LogP contribution in [0.25, 0.3) is 0 Å². The summed E-state index contributed by atoms with van der Waals surface area (Å²) in [4.78, 5) is 4.03. The average Bonchev–Trinajstić information content (AvgIpc) is 2.25. The van der Waals surface area contributed by atoms with Crippen molar-refractivity contribution in [3.8, 4) is 0 Å². The highest BCUT2D eigenvalue weighted by Crippen LogP contribution is 1.96. The molecule has 0 saturated heterocycles. The van der Waals surface area contributed by atoms with Crippen molar-refractivity contribution in [1.29, 1.82) is 0 Å². The number of ether oxygens (including phenoxy) is 2. The SMILES string of the molecule is CCOCCOCCc1cccnc1. The molecule has 0 aliphatic rings. The minimum Gasteiger partial charge on any atom is -0.379 e. The average molecular weight is 195 g/mol. The summed E-state index contributed by atoms with van der Waals surface area (Å²) >= 11 is 0. The van der Waals surface area contributed by atoms with Gasteiger partial charge in [-0.25, -0.2) is 0 Å². The standard InChI is InChI=1S/C11H17NO2/c1-2-13-8-9-14-7-5-11-4-3-6-12-10-11/h3-4,6,10H,2,5,7-9H2,1H3. The van der Waals surface area contributed by atoms with Crippen LogP contribution in [0.15, 0.2) is 24.5 Å². The molecule has 0 spiro atoms. The van der Waals surface area contributed by atoms with Gasteiger partial charge in [-0.2, -0.15) is 0 Å². The second kappa shape index (κ2) is 7.47. The first kappa shape index (κ1) is 11.1. The molecule has 0 N–H and O–H groups in total. The Morgan fingerprint density at radius 1 is 1.21 bits per heavy atom. The van der Waals surface area contributed by atoms with Gasteiger partial charge in [0, 0.05) is 19.0 Å². The van der Waals surface area contributed by atoms with Crippen molar-refractivity contribution in [3.63, 3.8) is 0 Å². The van der Waals surface area contributed by atoms with Gasteiger partial charge in [-0.3, -0.25) is 4.98 Å². The fourth-order valence-electron chi connectivity index (χ4n) is 1.10. The smallest absolute Gasteiger partial charge is 0.0700 e. The number of pyridine rings is 1. The maximum Gasteiger partial charge on any atom is 0.0700 e. The number of hydrogen-bond acceptors (Lipinski definition) is 3. The van der Waals surface area contributed by atoms with E-state index in [2.05, 4.69) is 11.1 Å². The summed E-state index contributed by atoms with van der Waals surface area (Å²) in [6.07, 6.45) is 4.56. The second-order valence-electron chi connectivity index (χ2n) is 2.92. The van der Waals surface area contributed by atoms with E-state index in [9.17, 15) is 0 Å². The van der Waals surface area contributed by atoms with Gasteiger partial charge in [0.2, 0.25) is 0 Å². The van der Waals surface area contributed by atoms with E-state index >= 15 is 0 Å². The predicted octanol–water partition coefficient (Wildman–Crippen LogP) is 1.68. The van der Waals surface area contributed by atoms with Crippen LogP contribution in [0.3, 0.4) is 0 Å². The molecule has 0 aromatic carbocycles. The Hall–Kier alpha value is -0.930.